The Kier molecular flexibility index (Phi) is 4.01. The lowest BCUT2D eigenvalue weighted by Gasteiger charge is -2.13. The maximum absolute atomic E-state index is 11.9. The van der Waals surface area contributed by atoms with Crippen molar-refractivity contribution >= 4 is 11.8 Å². The third-order valence-corrected chi connectivity index (χ3v) is 3.08. The van der Waals surface area contributed by atoms with E-state index in [9.17, 15) is 14.7 Å². The van der Waals surface area contributed by atoms with E-state index >= 15 is 0 Å². The lowest BCUT2D eigenvalue weighted by atomic mass is 10.0. The summed E-state index contributed by atoms with van der Waals surface area (Å²) in [5, 5.41) is 14.6. The fourth-order valence-electron chi connectivity index (χ4n) is 2.04. The second-order valence-electron chi connectivity index (χ2n) is 4.32. The number of para-hydroxylation sites is 1. The molecule has 2 rings (SSSR count). The maximum Gasteiger partial charge on any atom is 0.235 e. The van der Waals surface area contributed by atoms with Gasteiger partial charge in [-0.05, 0) is 6.07 Å². The Morgan fingerprint density at radius 1 is 1.53 bits per heavy atom. The summed E-state index contributed by atoms with van der Waals surface area (Å²) in [6.45, 7) is 0.366. The summed E-state index contributed by atoms with van der Waals surface area (Å²) >= 11 is 0. The summed E-state index contributed by atoms with van der Waals surface area (Å²) in [7, 11) is 1.55. The van der Waals surface area contributed by atoms with E-state index in [0.717, 1.165) is 5.56 Å². The van der Waals surface area contributed by atoms with Crippen molar-refractivity contribution in [2.75, 3.05) is 13.7 Å². The number of β-amino-alcohol motifs (C(OH)–C–C–N with tert-alkyl or cyclic N) is 1. The van der Waals surface area contributed by atoms with Gasteiger partial charge in [0.25, 0.3) is 0 Å². The van der Waals surface area contributed by atoms with Crippen LogP contribution in [0.1, 0.15) is 5.56 Å². The number of carbonyl (C=O) groups excluding carboxylic acids is 2. The minimum Gasteiger partial charge on any atom is -0.496 e. The number of ether oxygens (including phenoxy) is 1. The molecule has 2 unspecified atom stereocenters. The highest BCUT2D eigenvalue weighted by molar-refractivity contribution is 6.02. The molecule has 102 valence electrons. The minimum absolute atomic E-state index is 0.117. The van der Waals surface area contributed by atoms with Crippen molar-refractivity contribution in [1.82, 2.24) is 10.6 Å². The molecule has 0 aliphatic carbocycles. The highest BCUT2D eigenvalue weighted by Crippen LogP contribution is 2.17. The van der Waals surface area contributed by atoms with Gasteiger partial charge in [-0.2, -0.15) is 0 Å². The summed E-state index contributed by atoms with van der Waals surface area (Å²) in [6.07, 6.45) is -0.967. The van der Waals surface area contributed by atoms with Crippen LogP contribution in [0.2, 0.25) is 0 Å². The van der Waals surface area contributed by atoms with Gasteiger partial charge in [0.05, 0.1) is 13.2 Å². The van der Waals surface area contributed by atoms with Gasteiger partial charge in [-0.15, -0.1) is 0 Å². The molecule has 0 spiro atoms. The Morgan fingerprint density at radius 3 is 2.89 bits per heavy atom. The van der Waals surface area contributed by atoms with E-state index in [-0.39, 0.29) is 13.1 Å². The highest BCUT2D eigenvalue weighted by atomic mass is 16.5. The Hall–Kier alpha value is -2.08. The fourth-order valence-corrected chi connectivity index (χ4v) is 2.04. The highest BCUT2D eigenvalue weighted by Gasteiger charge is 2.38. The number of hydrogen-bond acceptors (Lipinski definition) is 4. The van der Waals surface area contributed by atoms with Crippen LogP contribution < -0.4 is 15.4 Å². The molecule has 6 nitrogen and oxygen atoms in total. The third-order valence-electron chi connectivity index (χ3n) is 3.08. The summed E-state index contributed by atoms with van der Waals surface area (Å²) in [5.74, 6) is -1.28. The van der Waals surface area contributed by atoms with Gasteiger partial charge < -0.3 is 20.5 Å². The van der Waals surface area contributed by atoms with Gasteiger partial charge in [0.1, 0.15) is 11.7 Å². The van der Waals surface area contributed by atoms with Crippen molar-refractivity contribution in [3.05, 3.63) is 29.8 Å². The quantitative estimate of drug-likeness (QED) is 0.635. The standard InChI is InChI=1S/C13H16N2O4/c1-19-10-5-3-2-4-8(10)6-14-12(17)11-9(16)7-15-13(11)18/h2-5,9,11,16H,6-7H2,1H3,(H,14,17)(H,15,18). The van der Waals surface area contributed by atoms with Gasteiger partial charge in [0.15, 0.2) is 0 Å². The Balaban J connectivity index is 1.98. The molecule has 1 aliphatic rings. The number of aliphatic hydroxyl groups is 1. The van der Waals surface area contributed by atoms with Crippen molar-refractivity contribution < 1.29 is 19.4 Å². The van der Waals surface area contributed by atoms with Crippen molar-refractivity contribution in [3.8, 4) is 5.75 Å². The zero-order valence-electron chi connectivity index (χ0n) is 10.6. The van der Waals surface area contributed by atoms with Crippen LogP contribution in [0.3, 0.4) is 0 Å². The van der Waals surface area contributed by atoms with E-state index in [1.54, 1.807) is 13.2 Å². The second-order valence-corrected chi connectivity index (χ2v) is 4.32. The number of methoxy groups -OCH3 is 1. The molecule has 2 amide bonds. The first kappa shape index (κ1) is 13.4. The van der Waals surface area contributed by atoms with Gasteiger partial charge >= 0.3 is 0 Å². The van der Waals surface area contributed by atoms with Crippen LogP contribution in [-0.4, -0.2) is 36.7 Å². The average molecular weight is 264 g/mol. The molecule has 0 radical (unpaired) electrons. The third kappa shape index (κ3) is 2.85. The normalized spacial score (nSPS) is 21.9. The van der Waals surface area contributed by atoms with Crippen molar-refractivity contribution in [2.24, 2.45) is 5.92 Å². The van der Waals surface area contributed by atoms with Crippen LogP contribution in [-0.2, 0) is 16.1 Å². The molecule has 19 heavy (non-hydrogen) atoms. The monoisotopic (exact) mass is 264 g/mol. The first-order valence-electron chi connectivity index (χ1n) is 5.99. The Bertz CT molecular complexity index is 489. The molecule has 1 heterocycles. The first-order chi connectivity index (χ1) is 9.13. The number of carbonyl (C=O) groups is 2. The summed E-state index contributed by atoms with van der Waals surface area (Å²) in [4.78, 5) is 23.3. The summed E-state index contributed by atoms with van der Waals surface area (Å²) in [6, 6.07) is 7.28. The van der Waals surface area contributed by atoms with Gasteiger partial charge in [0, 0.05) is 18.7 Å². The van der Waals surface area contributed by atoms with Crippen LogP contribution in [0.25, 0.3) is 0 Å². The predicted octanol–water partition coefficient (Wildman–Crippen LogP) is -0.582. The Morgan fingerprint density at radius 2 is 2.26 bits per heavy atom. The number of hydrogen-bond donors (Lipinski definition) is 3. The van der Waals surface area contributed by atoms with Crippen LogP contribution in [0.5, 0.6) is 5.75 Å². The topological polar surface area (TPSA) is 87.7 Å². The van der Waals surface area contributed by atoms with Gasteiger partial charge in [-0.1, -0.05) is 18.2 Å². The number of aliphatic hydroxyl groups excluding tert-OH is 1. The molecular weight excluding hydrogens is 248 g/mol. The van der Waals surface area contributed by atoms with Crippen LogP contribution >= 0.6 is 0 Å². The summed E-state index contributed by atoms with van der Waals surface area (Å²) in [5.41, 5.74) is 0.811. The minimum atomic E-state index is -1.03. The molecule has 1 aliphatic heterocycles. The van der Waals surface area contributed by atoms with Crippen molar-refractivity contribution in [1.29, 1.82) is 0 Å². The Labute approximate surface area is 110 Å². The van der Waals surface area contributed by atoms with Crippen molar-refractivity contribution in [2.45, 2.75) is 12.6 Å². The van der Waals surface area contributed by atoms with E-state index in [1.165, 1.54) is 0 Å². The molecule has 3 N–H and O–H groups in total. The first-order valence-corrected chi connectivity index (χ1v) is 5.99. The van der Waals surface area contributed by atoms with E-state index in [0.29, 0.717) is 5.75 Å². The second kappa shape index (κ2) is 5.71. The van der Waals surface area contributed by atoms with Crippen molar-refractivity contribution in [3.63, 3.8) is 0 Å². The molecule has 0 aromatic heterocycles. The molecule has 0 saturated carbocycles. The molecule has 6 heteroatoms. The smallest absolute Gasteiger partial charge is 0.235 e. The molecular formula is C13H16N2O4. The van der Waals surface area contributed by atoms with Gasteiger partial charge in [0.2, 0.25) is 11.8 Å². The van der Waals surface area contributed by atoms with Gasteiger partial charge in [-0.3, -0.25) is 9.59 Å². The molecule has 1 aromatic rings. The van der Waals surface area contributed by atoms with E-state index in [1.807, 2.05) is 18.2 Å². The number of benzene rings is 1. The lowest BCUT2D eigenvalue weighted by molar-refractivity contribution is -0.135. The zero-order chi connectivity index (χ0) is 13.8. The van der Waals surface area contributed by atoms with E-state index in [4.69, 9.17) is 4.74 Å². The fraction of sp³-hybridized carbons (Fsp3) is 0.385. The molecule has 1 fully saturated rings. The largest absolute Gasteiger partial charge is 0.496 e. The maximum atomic E-state index is 11.9. The molecule has 2 atom stereocenters. The zero-order valence-corrected chi connectivity index (χ0v) is 10.6. The van der Waals surface area contributed by atoms with Gasteiger partial charge in [-0.25, -0.2) is 0 Å². The number of amides is 2. The average Bonchev–Trinajstić information content (AvgIpc) is 2.76. The van der Waals surface area contributed by atoms with E-state index < -0.39 is 23.8 Å². The SMILES string of the molecule is COc1ccccc1CNC(=O)C1C(=O)NCC1O. The summed E-state index contributed by atoms with van der Waals surface area (Å²) < 4.78 is 5.17. The lowest BCUT2D eigenvalue weighted by Crippen LogP contribution is -2.39. The molecule has 1 saturated heterocycles. The molecule has 1 aromatic carbocycles. The number of nitrogens with one attached hydrogen (secondary N) is 2. The van der Waals surface area contributed by atoms with Crippen LogP contribution in [0.4, 0.5) is 0 Å². The number of rotatable bonds is 4. The predicted molar refractivity (Wildman–Crippen MR) is 67.3 cm³/mol. The van der Waals surface area contributed by atoms with Crippen LogP contribution in [0.15, 0.2) is 24.3 Å². The van der Waals surface area contributed by atoms with Crippen LogP contribution in [0, 0.1) is 5.92 Å². The van der Waals surface area contributed by atoms with E-state index in [2.05, 4.69) is 10.6 Å². The molecule has 0 bridgehead atoms.